The summed E-state index contributed by atoms with van der Waals surface area (Å²) in [7, 11) is -6.05. The summed E-state index contributed by atoms with van der Waals surface area (Å²) >= 11 is 0. The van der Waals surface area contributed by atoms with Crippen LogP contribution >= 0.6 is 0 Å². The largest absolute Gasteiger partial charge is 0.229 e. The van der Waals surface area contributed by atoms with Gasteiger partial charge in [0, 0.05) is 0 Å². The van der Waals surface area contributed by atoms with Gasteiger partial charge in [-0.1, -0.05) is 34.6 Å². The van der Waals surface area contributed by atoms with E-state index in [-0.39, 0.29) is 38.8 Å². The molecular weight excluding hydrogens is 320 g/mol. The molecule has 0 N–H and O–H groups in total. The van der Waals surface area contributed by atoms with Crippen LogP contribution in [0.25, 0.3) is 0 Å². The maximum atomic E-state index is 12.8. The van der Waals surface area contributed by atoms with Crippen LogP contribution in [0.4, 0.5) is 0 Å². The van der Waals surface area contributed by atoms with Gasteiger partial charge in [-0.15, -0.1) is 0 Å². The minimum atomic E-state index is -3.13. The van der Waals surface area contributed by atoms with E-state index in [0.717, 1.165) is 6.42 Å². The molecule has 3 atom stereocenters. The highest BCUT2D eigenvalue weighted by Crippen LogP contribution is 2.46. The summed E-state index contributed by atoms with van der Waals surface area (Å²) in [6.07, 6.45) is 2.70. The lowest BCUT2D eigenvalue weighted by molar-refractivity contribution is 0.212. The van der Waals surface area contributed by atoms with Crippen molar-refractivity contribution in [3.63, 3.8) is 0 Å². The van der Waals surface area contributed by atoms with Gasteiger partial charge in [-0.05, 0) is 42.4 Å². The van der Waals surface area contributed by atoms with Crippen LogP contribution in [0, 0.1) is 16.7 Å². The fraction of sp³-hybridized carbons (Fsp3) is 1.00. The molecule has 130 valence electrons. The first-order valence-corrected chi connectivity index (χ1v) is 11.6. The Bertz CT molecular complexity index is 624. The minimum absolute atomic E-state index is 0.0846. The molecule has 0 radical (unpaired) electrons. The molecule has 2 aliphatic rings. The van der Waals surface area contributed by atoms with Gasteiger partial charge in [0.05, 0.1) is 22.0 Å². The van der Waals surface area contributed by atoms with Crippen LogP contribution in [-0.2, 0) is 19.7 Å². The first-order chi connectivity index (χ1) is 9.76. The Morgan fingerprint density at radius 3 is 1.91 bits per heavy atom. The van der Waals surface area contributed by atoms with Crippen molar-refractivity contribution in [2.75, 3.05) is 11.5 Å². The van der Waals surface area contributed by atoms with E-state index in [0.29, 0.717) is 19.3 Å². The highest BCUT2D eigenvalue weighted by molar-refractivity contribution is 7.93. The Morgan fingerprint density at radius 1 is 0.909 bits per heavy atom. The van der Waals surface area contributed by atoms with Gasteiger partial charge >= 0.3 is 0 Å². The van der Waals surface area contributed by atoms with Crippen LogP contribution in [0.5, 0.6) is 0 Å². The molecule has 2 rings (SSSR count). The Kier molecular flexibility index (Phi) is 4.54. The molecule has 0 aromatic carbocycles. The van der Waals surface area contributed by atoms with Crippen molar-refractivity contribution in [1.82, 2.24) is 0 Å². The normalized spacial score (nSPS) is 34.9. The van der Waals surface area contributed by atoms with Crippen molar-refractivity contribution in [3.8, 4) is 0 Å². The Labute approximate surface area is 135 Å². The first-order valence-electron chi connectivity index (χ1n) is 8.19. The van der Waals surface area contributed by atoms with Gasteiger partial charge in [-0.25, -0.2) is 16.8 Å². The highest BCUT2D eigenvalue weighted by Gasteiger charge is 2.49. The van der Waals surface area contributed by atoms with Crippen molar-refractivity contribution >= 4 is 19.7 Å². The first kappa shape index (κ1) is 18.2. The third-order valence-electron chi connectivity index (χ3n) is 5.67. The van der Waals surface area contributed by atoms with Crippen molar-refractivity contribution in [3.05, 3.63) is 0 Å². The quantitative estimate of drug-likeness (QED) is 0.785. The third-order valence-corrected chi connectivity index (χ3v) is 10.5. The van der Waals surface area contributed by atoms with Crippen molar-refractivity contribution in [2.45, 2.75) is 70.8 Å². The summed E-state index contributed by atoms with van der Waals surface area (Å²) in [6.45, 7) is 10.1. The number of sulfone groups is 2. The molecule has 2 heterocycles. The number of hydrogen-bond donors (Lipinski definition) is 0. The number of rotatable bonds is 3. The second kappa shape index (κ2) is 5.47. The predicted octanol–water partition coefficient (Wildman–Crippen LogP) is 2.83. The summed E-state index contributed by atoms with van der Waals surface area (Å²) < 4.78 is 49.1. The molecule has 2 aliphatic heterocycles. The summed E-state index contributed by atoms with van der Waals surface area (Å²) in [4.78, 5) is 0. The fourth-order valence-electron chi connectivity index (χ4n) is 4.21. The monoisotopic (exact) mass is 350 g/mol. The van der Waals surface area contributed by atoms with E-state index in [1.54, 1.807) is 0 Å². The van der Waals surface area contributed by atoms with E-state index in [9.17, 15) is 16.8 Å². The molecule has 0 aromatic rings. The average molecular weight is 351 g/mol. The molecule has 3 unspecified atom stereocenters. The summed E-state index contributed by atoms with van der Waals surface area (Å²) in [5.74, 6) is 0.555. The Balaban J connectivity index is 2.14. The maximum Gasteiger partial charge on any atom is 0.156 e. The second-order valence-corrected chi connectivity index (χ2v) is 13.6. The van der Waals surface area contributed by atoms with Gasteiger partial charge < -0.3 is 0 Å². The molecule has 0 saturated carbocycles. The van der Waals surface area contributed by atoms with Gasteiger partial charge in [-0.3, -0.25) is 0 Å². The second-order valence-electron chi connectivity index (χ2n) is 8.94. The molecule has 0 bridgehead atoms. The zero-order valence-electron chi connectivity index (χ0n) is 14.4. The van der Waals surface area contributed by atoms with Gasteiger partial charge in [0.2, 0.25) is 0 Å². The Morgan fingerprint density at radius 2 is 1.50 bits per heavy atom. The van der Waals surface area contributed by atoms with E-state index < -0.39 is 19.7 Å². The molecule has 0 amide bonds. The van der Waals surface area contributed by atoms with Gasteiger partial charge in [0.25, 0.3) is 0 Å². The van der Waals surface area contributed by atoms with Gasteiger partial charge in [-0.2, -0.15) is 0 Å². The molecular formula is C16H30O4S2. The van der Waals surface area contributed by atoms with E-state index in [4.69, 9.17) is 0 Å². The molecule has 6 heteroatoms. The lowest BCUT2D eigenvalue weighted by Gasteiger charge is -2.34. The molecule has 22 heavy (non-hydrogen) atoms. The van der Waals surface area contributed by atoms with E-state index in [1.165, 1.54) is 0 Å². The van der Waals surface area contributed by atoms with Gasteiger partial charge in [0.15, 0.2) is 19.7 Å². The smallest absolute Gasteiger partial charge is 0.156 e. The summed E-state index contributed by atoms with van der Waals surface area (Å²) in [5, 5.41) is -0.580. The van der Waals surface area contributed by atoms with Crippen LogP contribution in [0.15, 0.2) is 0 Å². The van der Waals surface area contributed by atoms with Crippen molar-refractivity contribution < 1.29 is 16.8 Å². The standard InChI is InChI=1S/C16H30O4S2/c1-15(2,3)14-7-6-13(22(14,19)20)10-16(4,5)12-8-9-21(17,18)11-12/h12-14H,6-11H2,1-5H3. The SMILES string of the molecule is CC(C)(C)C1CCC(CC(C)(C)C2CCS(=O)(=O)C2)S1(=O)=O. The third kappa shape index (κ3) is 3.53. The van der Waals surface area contributed by atoms with Crippen LogP contribution in [0.2, 0.25) is 0 Å². The summed E-state index contributed by atoms with van der Waals surface area (Å²) in [5.41, 5.74) is -0.470. The molecule has 0 aromatic heterocycles. The van der Waals surface area contributed by atoms with Crippen LogP contribution in [-0.4, -0.2) is 38.8 Å². The molecule has 2 fully saturated rings. The molecule has 2 saturated heterocycles. The highest BCUT2D eigenvalue weighted by atomic mass is 32.2. The lowest BCUT2D eigenvalue weighted by atomic mass is 9.74. The van der Waals surface area contributed by atoms with Crippen LogP contribution in [0.1, 0.15) is 60.3 Å². The zero-order chi connectivity index (χ0) is 17.0. The Hall–Kier alpha value is -0.100. The minimum Gasteiger partial charge on any atom is -0.229 e. The molecule has 0 aliphatic carbocycles. The lowest BCUT2D eigenvalue weighted by Crippen LogP contribution is -2.37. The van der Waals surface area contributed by atoms with Gasteiger partial charge in [0.1, 0.15) is 0 Å². The summed E-state index contributed by atoms with van der Waals surface area (Å²) in [6, 6.07) is 0. The van der Waals surface area contributed by atoms with Crippen LogP contribution in [0.3, 0.4) is 0 Å². The number of hydrogen-bond acceptors (Lipinski definition) is 4. The van der Waals surface area contributed by atoms with E-state index >= 15 is 0 Å². The maximum absolute atomic E-state index is 12.8. The molecule has 0 spiro atoms. The average Bonchev–Trinajstić information content (AvgIpc) is 2.79. The van der Waals surface area contributed by atoms with E-state index in [2.05, 4.69) is 0 Å². The predicted molar refractivity (Wildman–Crippen MR) is 90.3 cm³/mol. The zero-order valence-corrected chi connectivity index (χ0v) is 16.1. The fourth-order valence-corrected chi connectivity index (χ4v) is 9.29. The van der Waals surface area contributed by atoms with E-state index in [1.807, 2.05) is 34.6 Å². The molecule has 4 nitrogen and oxygen atoms in total. The topological polar surface area (TPSA) is 68.3 Å². The van der Waals surface area contributed by atoms with Crippen LogP contribution < -0.4 is 0 Å². The van der Waals surface area contributed by atoms with Crippen molar-refractivity contribution in [2.24, 2.45) is 16.7 Å². The van der Waals surface area contributed by atoms with Crippen molar-refractivity contribution in [1.29, 1.82) is 0 Å².